The molecule has 3 rings (SSSR count). The predicted molar refractivity (Wildman–Crippen MR) is 134 cm³/mol. The number of amides is 2. The third-order valence-electron chi connectivity index (χ3n) is 4.95. The summed E-state index contributed by atoms with van der Waals surface area (Å²) in [6.45, 7) is 9.79. The number of carbonyl (C=O) groups is 2. The van der Waals surface area contributed by atoms with E-state index in [1.807, 2.05) is 48.7 Å². The van der Waals surface area contributed by atoms with Crippen LogP contribution in [0, 0.1) is 13.8 Å². The largest absolute Gasteiger partial charge is 0.346 e. The number of nitrogens with one attached hydrogen (secondary N) is 2. The smallest absolute Gasteiger partial charge is 0.243 e. The highest BCUT2D eigenvalue weighted by molar-refractivity contribution is 8.00. The van der Waals surface area contributed by atoms with Gasteiger partial charge in [0, 0.05) is 22.8 Å². The summed E-state index contributed by atoms with van der Waals surface area (Å²) in [6, 6.07) is 13.1. The molecule has 2 amide bonds. The number of benzene rings is 2. The fourth-order valence-corrected chi connectivity index (χ4v) is 4.21. The van der Waals surface area contributed by atoms with Crippen LogP contribution in [0.2, 0.25) is 5.02 Å². The van der Waals surface area contributed by atoms with Gasteiger partial charge in [-0.1, -0.05) is 47.6 Å². The number of hydrogen-bond donors (Lipinski definition) is 2. The zero-order valence-corrected chi connectivity index (χ0v) is 20.3. The third-order valence-corrected chi connectivity index (χ3v) is 6.28. The van der Waals surface area contributed by atoms with Crippen molar-refractivity contribution in [1.29, 1.82) is 0 Å². The molecule has 0 spiro atoms. The first-order valence-electron chi connectivity index (χ1n) is 10.4. The van der Waals surface area contributed by atoms with Crippen LogP contribution >= 0.6 is 23.4 Å². The van der Waals surface area contributed by atoms with E-state index in [0.29, 0.717) is 22.5 Å². The second-order valence-electron chi connectivity index (χ2n) is 7.51. The van der Waals surface area contributed by atoms with Gasteiger partial charge in [0.25, 0.3) is 0 Å². The number of hydrogen-bond acceptors (Lipinski definition) is 5. The lowest BCUT2D eigenvalue weighted by molar-refractivity contribution is -0.123. The molecule has 1 atom stereocenters. The van der Waals surface area contributed by atoms with Crippen molar-refractivity contribution in [2.45, 2.75) is 37.7 Å². The van der Waals surface area contributed by atoms with Gasteiger partial charge < -0.3 is 10.6 Å². The van der Waals surface area contributed by atoms with Crippen molar-refractivity contribution in [3.63, 3.8) is 0 Å². The van der Waals surface area contributed by atoms with Gasteiger partial charge in [0.15, 0.2) is 11.0 Å². The first kappa shape index (κ1) is 24.5. The molecule has 3 aromatic rings. The molecular weight excluding hydrogens is 458 g/mol. The van der Waals surface area contributed by atoms with E-state index in [1.54, 1.807) is 25.1 Å². The van der Waals surface area contributed by atoms with E-state index in [2.05, 4.69) is 27.4 Å². The first-order valence-corrected chi connectivity index (χ1v) is 11.7. The maximum Gasteiger partial charge on any atom is 0.243 e. The number of halogens is 1. The van der Waals surface area contributed by atoms with E-state index in [0.717, 1.165) is 22.4 Å². The van der Waals surface area contributed by atoms with Crippen molar-refractivity contribution in [2.75, 3.05) is 11.9 Å². The fraction of sp³-hybridized carbons (Fsp3) is 0.250. The molecule has 1 heterocycles. The van der Waals surface area contributed by atoms with Gasteiger partial charge >= 0.3 is 0 Å². The van der Waals surface area contributed by atoms with Crippen LogP contribution < -0.4 is 10.6 Å². The molecule has 0 fully saturated rings. The number of thioether (sulfide) groups is 1. The van der Waals surface area contributed by atoms with Crippen molar-refractivity contribution in [3.05, 3.63) is 71.3 Å². The second kappa shape index (κ2) is 11.2. The van der Waals surface area contributed by atoms with Crippen molar-refractivity contribution in [2.24, 2.45) is 0 Å². The molecule has 172 valence electrons. The molecule has 0 aliphatic rings. The summed E-state index contributed by atoms with van der Waals surface area (Å²) in [5.74, 6) is 0.116. The van der Waals surface area contributed by atoms with Crippen LogP contribution in [0.25, 0.3) is 11.4 Å². The number of nitrogens with zero attached hydrogens (tertiary/aromatic N) is 3. The maximum atomic E-state index is 12.6. The zero-order valence-electron chi connectivity index (χ0n) is 18.8. The van der Waals surface area contributed by atoms with Crippen molar-refractivity contribution in [3.8, 4) is 11.4 Å². The average Bonchev–Trinajstić information content (AvgIpc) is 3.17. The van der Waals surface area contributed by atoms with E-state index in [4.69, 9.17) is 11.6 Å². The molecule has 1 unspecified atom stereocenters. The van der Waals surface area contributed by atoms with Gasteiger partial charge in [-0.05, 0) is 56.2 Å². The Bertz CT molecular complexity index is 1140. The summed E-state index contributed by atoms with van der Waals surface area (Å²) in [5.41, 5.74) is 3.57. The maximum absolute atomic E-state index is 12.6. The molecule has 0 saturated heterocycles. The number of para-hydroxylation sites is 1. The summed E-state index contributed by atoms with van der Waals surface area (Å²) >= 11 is 7.25. The Kier molecular flexibility index (Phi) is 8.30. The Morgan fingerprint density at radius 1 is 1.15 bits per heavy atom. The molecule has 0 bridgehead atoms. The number of aryl methyl sites for hydroxylation is 2. The molecule has 1 aromatic heterocycles. The Labute approximate surface area is 202 Å². The lowest BCUT2D eigenvalue weighted by atomic mass is 10.1. The number of anilines is 1. The molecule has 0 aliphatic heterocycles. The highest BCUT2D eigenvalue weighted by Gasteiger charge is 2.21. The van der Waals surface area contributed by atoms with Crippen molar-refractivity contribution >= 4 is 40.9 Å². The van der Waals surface area contributed by atoms with Gasteiger partial charge in [0.2, 0.25) is 11.8 Å². The van der Waals surface area contributed by atoms with Crippen LogP contribution in [-0.2, 0) is 16.1 Å². The van der Waals surface area contributed by atoms with Gasteiger partial charge in [-0.3, -0.25) is 14.2 Å². The van der Waals surface area contributed by atoms with Crippen LogP contribution in [0.4, 0.5) is 5.69 Å². The Morgan fingerprint density at radius 2 is 1.82 bits per heavy atom. The van der Waals surface area contributed by atoms with E-state index in [1.165, 1.54) is 11.8 Å². The summed E-state index contributed by atoms with van der Waals surface area (Å²) in [5, 5.41) is 14.8. The normalized spacial score (nSPS) is 11.6. The lowest BCUT2D eigenvalue weighted by Crippen LogP contribution is -2.37. The quantitative estimate of drug-likeness (QED) is 0.342. The van der Waals surface area contributed by atoms with Gasteiger partial charge in [-0.15, -0.1) is 16.8 Å². The van der Waals surface area contributed by atoms with E-state index in [-0.39, 0.29) is 18.4 Å². The molecule has 2 aromatic carbocycles. The molecule has 2 N–H and O–H groups in total. The van der Waals surface area contributed by atoms with Crippen molar-refractivity contribution < 1.29 is 9.59 Å². The third kappa shape index (κ3) is 6.24. The van der Waals surface area contributed by atoms with E-state index >= 15 is 0 Å². The molecule has 33 heavy (non-hydrogen) atoms. The molecule has 0 aliphatic carbocycles. The minimum Gasteiger partial charge on any atom is -0.346 e. The predicted octanol–water partition coefficient (Wildman–Crippen LogP) is 4.64. The standard InChI is InChI=1S/C24H26ClN5O2S/c1-5-13-30-22(18-9-11-19(25)12-10-18)28-29-24(30)33-17(4)23(32)26-14-20(31)27-21-15(2)7-6-8-16(21)3/h5-12,17H,1,13-14H2,2-4H3,(H,26,32)(H,27,31). The van der Waals surface area contributed by atoms with E-state index < -0.39 is 5.25 Å². The van der Waals surface area contributed by atoms with Gasteiger partial charge in [0.05, 0.1) is 11.8 Å². The van der Waals surface area contributed by atoms with E-state index in [9.17, 15) is 9.59 Å². The SMILES string of the molecule is C=CCn1c(SC(C)C(=O)NCC(=O)Nc2c(C)cccc2C)nnc1-c1ccc(Cl)cc1. The fourth-order valence-electron chi connectivity index (χ4n) is 3.20. The molecule has 7 nitrogen and oxygen atoms in total. The molecule has 0 saturated carbocycles. The van der Waals surface area contributed by atoms with Crippen LogP contribution in [0.5, 0.6) is 0 Å². The summed E-state index contributed by atoms with van der Waals surface area (Å²) in [7, 11) is 0. The Morgan fingerprint density at radius 3 is 2.45 bits per heavy atom. The van der Waals surface area contributed by atoms with Gasteiger partial charge in [0.1, 0.15) is 0 Å². The van der Waals surface area contributed by atoms with Gasteiger partial charge in [-0.2, -0.15) is 0 Å². The van der Waals surface area contributed by atoms with Crippen LogP contribution in [0.15, 0.2) is 60.3 Å². The lowest BCUT2D eigenvalue weighted by Gasteiger charge is -2.14. The summed E-state index contributed by atoms with van der Waals surface area (Å²) < 4.78 is 1.89. The number of rotatable bonds is 9. The molecule has 0 radical (unpaired) electrons. The van der Waals surface area contributed by atoms with Crippen LogP contribution in [0.3, 0.4) is 0 Å². The Balaban J connectivity index is 1.63. The molecule has 9 heteroatoms. The minimum absolute atomic E-state index is 0.118. The summed E-state index contributed by atoms with van der Waals surface area (Å²) in [6.07, 6.45) is 1.75. The van der Waals surface area contributed by atoms with Crippen molar-refractivity contribution in [1.82, 2.24) is 20.1 Å². The first-order chi connectivity index (χ1) is 15.8. The minimum atomic E-state index is -0.483. The van der Waals surface area contributed by atoms with Gasteiger partial charge in [-0.25, -0.2) is 0 Å². The second-order valence-corrected chi connectivity index (χ2v) is 9.25. The van der Waals surface area contributed by atoms with Crippen LogP contribution in [-0.4, -0.2) is 38.4 Å². The van der Waals surface area contributed by atoms with Crippen LogP contribution in [0.1, 0.15) is 18.1 Å². The number of carbonyl (C=O) groups excluding carboxylic acids is 2. The highest BCUT2D eigenvalue weighted by Crippen LogP contribution is 2.27. The summed E-state index contributed by atoms with van der Waals surface area (Å²) in [4.78, 5) is 25.0. The average molecular weight is 484 g/mol. The molecular formula is C24H26ClN5O2S. The highest BCUT2D eigenvalue weighted by atomic mass is 35.5. The number of allylic oxidation sites excluding steroid dienone is 1. The zero-order chi connectivity index (χ0) is 24.0. The number of aromatic nitrogens is 3. The topological polar surface area (TPSA) is 88.9 Å². The monoisotopic (exact) mass is 483 g/mol. The Hall–Kier alpha value is -3.10.